The van der Waals surface area contributed by atoms with Gasteiger partial charge in [-0.05, 0) is 46.9 Å². The fourth-order valence-electron chi connectivity index (χ4n) is 2.15. The number of ketones is 1. The summed E-state index contributed by atoms with van der Waals surface area (Å²) >= 11 is 14.3. The number of hydrogen-bond acceptors (Lipinski definition) is 1. The quantitative estimate of drug-likeness (QED) is 0.446. The normalized spacial score (nSPS) is 10.9. The lowest BCUT2D eigenvalue weighted by atomic mass is 10.0. The molecule has 0 fully saturated rings. The maximum atomic E-state index is 12.7. The standard InChI is InChI=1S/C15H8Cl2INO/c16-8-5-11(17)14-10(7-19-13(14)6-8)15(20)9-3-1-2-4-12(9)18/h1-7,19H. The third-order valence-electron chi connectivity index (χ3n) is 3.06. The fraction of sp³-hybridized carbons (Fsp3) is 0. The number of rotatable bonds is 2. The first-order valence-corrected chi connectivity index (χ1v) is 7.67. The number of carbonyl (C=O) groups is 1. The number of carbonyl (C=O) groups excluding carboxylic acids is 1. The predicted molar refractivity (Wildman–Crippen MR) is 90.9 cm³/mol. The van der Waals surface area contributed by atoms with Crippen LogP contribution in [0.1, 0.15) is 15.9 Å². The van der Waals surface area contributed by atoms with Crippen LogP contribution in [-0.2, 0) is 0 Å². The fourth-order valence-corrected chi connectivity index (χ4v) is 3.38. The second kappa shape index (κ2) is 5.39. The van der Waals surface area contributed by atoms with E-state index in [4.69, 9.17) is 23.2 Å². The third-order valence-corrected chi connectivity index (χ3v) is 4.52. The highest BCUT2D eigenvalue weighted by atomic mass is 127. The summed E-state index contributed by atoms with van der Waals surface area (Å²) in [4.78, 5) is 15.7. The van der Waals surface area contributed by atoms with E-state index in [0.717, 1.165) is 9.09 Å². The summed E-state index contributed by atoms with van der Waals surface area (Å²) in [6.07, 6.45) is 1.68. The van der Waals surface area contributed by atoms with Crippen LogP contribution in [0.25, 0.3) is 10.9 Å². The summed E-state index contributed by atoms with van der Waals surface area (Å²) in [7, 11) is 0. The van der Waals surface area contributed by atoms with Gasteiger partial charge in [-0.25, -0.2) is 0 Å². The zero-order valence-electron chi connectivity index (χ0n) is 10.1. The Bertz CT molecular complexity index is 826. The molecule has 100 valence electrons. The molecule has 3 rings (SSSR count). The van der Waals surface area contributed by atoms with Crippen LogP contribution in [0.5, 0.6) is 0 Å². The Morgan fingerprint density at radius 2 is 1.85 bits per heavy atom. The SMILES string of the molecule is O=C(c1ccccc1I)c1c[nH]c2cc(Cl)cc(Cl)c12. The molecule has 0 aliphatic heterocycles. The zero-order chi connectivity index (χ0) is 14.3. The summed E-state index contributed by atoms with van der Waals surface area (Å²) in [5.74, 6) is -0.0505. The summed E-state index contributed by atoms with van der Waals surface area (Å²) in [5.41, 5.74) is 1.99. The number of nitrogens with one attached hydrogen (secondary N) is 1. The van der Waals surface area contributed by atoms with Gasteiger partial charge in [-0.1, -0.05) is 35.3 Å². The number of aromatic nitrogens is 1. The summed E-state index contributed by atoms with van der Waals surface area (Å²) in [6.45, 7) is 0. The first kappa shape index (κ1) is 13.9. The monoisotopic (exact) mass is 415 g/mol. The van der Waals surface area contributed by atoms with E-state index < -0.39 is 0 Å². The van der Waals surface area contributed by atoms with Gasteiger partial charge in [0.05, 0.1) is 5.02 Å². The molecule has 0 amide bonds. The molecular formula is C15H8Cl2INO. The van der Waals surface area contributed by atoms with Crippen molar-refractivity contribution in [1.29, 1.82) is 0 Å². The molecule has 20 heavy (non-hydrogen) atoms. The van der Waals surface area contributed by atoms with Crippen molar-refractivity contribution in [2.75, 3.05) is 0 Å². The van der Waals surface area contributed by atoms with Crippen LogP contribution in [0.3, 0.4) is 0 Å². The summed E-state index contributed by atoms with van der Waals surface area (Å²) in [6, 6.07) is 10.9. The molecule has 0 atom stereocenters. The van der Waals surface area contributed by atoms with Crippen molar-refractivity contribution in [3.05, 3.63) is 67.3 Å². The number of aromatic amines is 1. The Balaban J connectivity index is 2.21. The molecule has 1 N–H and O–H groups in total. The first-order chi connectivity index (χ1) is 9.58. The van der Waals surface area contributed by atoms with Crippen LogP contribution in [0.15, 0.2) is 42.6 Å². The minimum Gasteiger partial charge on any atom is -0.360 e. The van der Waals surface area contributed by atoms with Crippen LogP contribution in [-0.4, -0.2) is 10.8 Å². The van der Waals surface area contributed by atoms with E-state index in [2.05, 4.69) is 27.6 Å². The van der Waals surface area contributed by atoms with Gasteiger partial charge in [-0.2, -0.15) is 0 Å². The number of benzene rings is 2. The molecule has 0 aliphatic carbocycles. The minimum absolute atomic E-state index is 0.0505. The molecule has 0 saturated heterocycles. The van der Waals surface area contributed by atoms with Crippen LogP contribution in [0.2, 0.25) is 10.0 Å². The second-order valence-corrected chi connectivity index (χ2v) is 6.33. The van der Waals surface area contributed by atoms with Gasteiger partial charge in [0.2, 0.25) is 0 Å². The lowest BCUT2D eigenvalue weighted by molar-refractivity contribution is 0.103. The lowest BCUT2D eigenvalue weighted by Crippen LogP contribution is -2.02. The average molecular weight is 416 g/mol. The van der Waals surface area contributed by atoms with Gasteiger partial charge in [0.25, 0.3) is 0 Å². The maximum Gasteiger partial charge on any atom is 0.196 e. The smallest absolute Gasteiger partial charge is 0.196 e. The third kappa shape index (κ3) is 2.34. The molecule has 3 aromatic rings. The molecule has 1 aromatic heterocycles. The van der Waals surface area contributed by atoms with Crippen molar-refractivity contribution in [3.63, 3.8) is 0 Å². The van der Waals surface area contributed by atoms with E-state index in [-0.39, 0.29) is 5.78 Å². The Kier molecular flexibility index (Phi) is 3.75. The largest absolute Gasteiger partial charge is 0.360 e. The highest BCUT2D eigenvalue weighted by Crippen LogP contribution is 2.32. The van der Waals surface area contributed by atoms with Gasteiger partial charge in [-0.15, -0.1) is 0 Å². The number of H-pyrrole nitrogens is 1. The molecule has 5 heteroatoms. The molecule has 0 unspecified atom stereocenters. The highest BCUT2D eigenvalue weighted by Gasteiger charge is 2.18. The molecule has 1 heterocycles. The Labute approximate surface area is 139 Å². The molecule has 0 bridgehead atoms. The van der Waals surface area contributed by atoms with Crippen LogP contribution >= 0.6 is 45.8 Å². The van der Waals surface area contributed by atoms with Gasteiger partial charge in [0.1, 0.15) is 0 Å². The van der Waals surface area contributed by atoms with Crippen molar-refractivity contribution >= 4 is 62.5 Å². The molecule has 2 nitrogen and oxygen atoms in total. The van der Waals surface area contributed by atoms with Gasteiger partial charge in [0, 0.05) is 36.8 Å². The Morgan fingerprint density at radius 3 is 2.60 bits per heavy atom. The molecule has 0 spiro atoms. The second-order valence-electron chi connectivity index (χ2n) is 4.32. The van der Waals surface area contributed by atoms with Crippen molar-refractivity contribution in [1.82, 2.24) is 4.98 Å². The first-order valence-electron chi connectivity index (χ1n) is 5.83. The maximum absolute atomic E-state index is 12.7. The number of fused-ring (bicyclic) bond motifs is 1. The Hall–Kier alpha value is -1.04. The molecule has 0 radical (unpaired) electrons. The Morgan fingerprint density at radius 1 is 1.10 bits per heavy atom. The number of hydrogen-bond donors (Lipinski definition) is 1. The van der Waals surface area contributed by atoms with Crippen molar-refractivity contribution in [2.45, 2.75) is 0 Å². The van der Waals surface area contributed by atoms with E-state index in [1.54, 1.807) is 18.3 Å². The van der Waals surface area contributed by atoms with Gasteiger partial charge < -0.3 is 4.98 Å². The topological polar surface area (TPSA) is 32.9 Å². The van der Waals surface area contributed by atoms with Crippen molar-refractivity contribution in [3.8, 4) is 0 Å². The lowest BCUT2D eigenvalue weighted by Gasteiger charge is -2.04. The van der Waals surface area contributed by atoms with Gasteiger partial charge in [-0.3, -0.25) is 4.79 Å². The highest BCUT2D eigenvalue weighted by molar-refractivity contribution is 14.1. The summed E-state index contributed by atoms with van der Waals surface area (Å²) in [5, 5.41) is 1.72. The van der Waals surface area contributed by atoms with Crippen molar-refractivity contribution < 1.29 is 4.79 Å². The van der Waals surface area contributed by atoms with E-state index in [1.165, 1.54) is 0 Å². The molecule has 0 aliphatic rings. The van der Waals surface area contributed by atoms with Gasteiger partial charge in [0.15, 0.2) is 5.78 Å². The predicted octanol–water partition coefficient (Wildman–Crippen LogP) is 5.31. The minimum atomic E-state index is -0.0505. The van der Waals surface area contributed by atoms with E-state index in [9.17, 15) is 4.79 Å². The molecular weight excluding hydrogens is 408 g/mol. The number of halogens is 3. The summed E-state index contributed by atoms with van der Waals surface area (Å²) < 4.78 is 0.912. The average Bonchev–Trinajstić information content (AvgIpc) is 2.82. The zero-order valence-corrected chi connectivity index (χ0v) is 13.8. The van der Waals surface area contributed by atoms with Crippen LogP contribution < -0.4 is 0 Å². The van der Waals surface area contributed by atoms with Gasteiger partial charge >= 0.3 is 0 Å². The molecule has 0 saturated carbocycles. The van der Waals surface area contributed by atoms with E-state index in [1.807, 2.05) is 24.3 Å². The van der Waals surface area contributed by atoms with Crippen LogP contribution in [0.4, 0.5) is 0 Å². The van der Waals surface area contributed by atoms with E-state index in [0.29, 0.717) is 26.6 Å². The molecule has 2 aromatic carbocycles. The van der Waals surface area contributed by atoms with Crippen molar-refractivity contribution in [2.24, 2.45) is 0 Å². The van der Waals surface area contributed by atoms with E-state index >= 15 is 0 Å². The van der Waals surface area contributed by atoms with Crippen LogP contribution in [0, 0.1) is 3.57 Å².